The Morgan fingerprint density at radius 1 is 1.06 bits per heavy atom. The number of nitrogens with one attached hydrogen (secondary N) is 2. The first-order valence-corrected chi connectivity index (χ1v) is 10.6. The van der Waals surface area contributed by atoms with Crippen molar-refractivity contribution in [2.75, 3.05) is 12.3 Å². The van der Waals surface area contributed by atoms with Gasteiger partial charge >= 0.3 is 0 Å². The van der Waals surface area contributed by atoms with E-state index in [9.17, 15) is 4.79 Å². The number of nitrogen functional groups attached to an aromatic ring is 1. The van der Waals surface area contributed by atoms with Gasteiger partial charge in [-0.3, -0.25) is 10.2 Å². The Morgan fingerprint density at radius 3 is 2.39 bits per heavy atom. The number of amides is 1. The van der Waals surface area contributed by atoms with Crippen molar-refractivity contribution in [3.05, 3.63) is 95.1 Å². The Kier molecular flexibility index (Phi) is 6.03. The van der Waals surface area contributed by atoms with Crippen LogP contribution in [0.3, 0.4) is 0 Å². The molecule has 4 N–H and O–H groups in total. The summed E-state index contributed by atoms with van der Waals surface area (Å²) in [7, 11) is 0. The minimum absolute atomic E-state index is 0.000245. The highest BCUT2D eigenvalue weighted by molar-refractivity contribution is 6.14. The van der Waals surface area contributed by atoms with Crippen LogP contribution in [0, 0.1) is 11.3 Å². The molecule has 1 saturated carbocycles. The van der Waals surface area contributed by atoms with E-state index < -0.39 is 0 Å². The third kappa shape index (κ3) is 4.77. The van der Waals surface area contributed by atoms with Crippen LogP contribution in [0.5, 0.6) is 5.75 Å². The Bertz CT molecular complexity index is 1070. The van der Waals surface area contributed by atoms with Crippen LogP contribution in [-0.4, -0.2) is 18.2 Å². The Labute approximate surface area is 182 Å². The third-order valence-electron chi connectivity index (χ3n) is 5.58. The smallest absolute Gasteiger partial charge is 0.251 e. The number of anilines is 1. The summed E-state index contributed by atoms with van der Waals surface area (Å²) in [5.74, 6) is 1.08. The molecule has 0 heterocycles. The van der Waals surface area contributed by atoms with Gasteiger partial charge in [0, 0.05) is 22.4 Å². The number of benzene rings is 3. The molecule has 158 valence electrons. The van der Waals surface area contributed by atoms with Crippen molar-refractivity contribution >= 4 is 17.3 Å². The van der Waals surface area contributed by atoms with Gasteiger partial charge in [0.1, 0.15) is 5.75 Å². The van der Waals surface area contributed by atoms with E-state index in [0.717, 1.165) is 24.2 Å². The number of carbonyl (C=O) groups is 1. The van der Waals surface area contributed by atoms with E-state index in [1.165, 1.54) is 0 Å². The molecule has 0 spiro atoms. The Hall–Kier alpha value is -3.60. The molecule has 4 rings (SSSR count). The van der Waals surface area contributed by atoms with Crippen molar-refractivity contribution in [2.24, 2.45) is 5.92 Å². The lowest BCUT2D eigenvalue weighted by atomic mass is 9.97. The zero-order valence-corrected chi connectivity index (χ0v) is 17.6. The number of hydrogen-bond acceptors (Lipinski definition) is 4. The van der Waals surface area contributed by atoms with Gasteiger partial charge in [0.2, 0.25) is 0 Å². The Morgan fingerprint density at radius 2 is 1.74 bits per heavy atom. The molecule has 0 aliphatic heterocycles. The van der Waals surface area contributed by atoms with E-state index in [1.54, 1.807) is 18.2 Å². The van der Waals surface area contributed by atoms with E-state index in [4.69, 9.17) is 15.9 Å². The van der Waals surface area contributed by atoms with Crippen LogP contribution in [-0.2, 0) is 0 Å². The average Bonchev–Trinajstić information content (AvgIpc) is 3.64. The van der Waals surface area contributed by atoms with Gasteiger partial charge in [-0.2, -0.15) is 0 Å². The topological polar surface area (TPSA) is 88.2 Å². The van der Waals surface area contributed by atoms with Crippen molar-refractivity contribution < 1.29 is 9.53 Å². The number of hydrogen-bond donors (Lipinski definition) is 3. The van der Waals surface area contributed by atoms with Crippen LogP contribution in [0.15, 0.2) is 72.8 Å². The molecule has 1 fully saturated rings. The predicted molar refractivity (Wildman–Crippen MR) is 124 cm³/mol. The normalized spacial score (nSPS) is 14.0. The molecular formula is C26H27N3O2. The second kappa shape index (κ2) is 9.04. The number of nitrogens with two attached hydrogens (primary N) is 1. The molecule has 1 atom stereocenters. The largest absolute Gasteiger partial charge is 0.494 e. The van der Waals surface area contributed by atoms with Gasteiger partial charge < -0.3 is 15.8 Å². The summed E-state index contributed by atoms with van der Waals surface area (Å²) in [4.78, 5) is 13.1. The molecule has 1 amide bonds. The first-order chi connectivity index (χ1) is 15.1. The number of ether oxygens (including phenoxy) is 1. The van der Waals surface area contributed by atoms with Crippen LogP contribution < -0.4 is 15.8 Å². The molecule has 5 heteroatoms. The molecule has 3 aromatic rings. The number of rotatable bonds is 8. The molecular weight excluding hydrogens is 386 g/mol. The van der Waals surface area contributed by atoms with Crippen molar-refractivity contribution in [1.29, 1.82) is 5.41 Å². The van der Waals surface area contributed by atoms with Gasteiger partial charge in [-0.25, -0.2) is 0 Å². The molecule has 0 radical (unpaired) electrons. The fourth-order valence-electron chi connectivity index (χ4n) is 3.74. The quantitative estimate of drug-likeness (QED) is 0.360. The standard InChI is InChI=1S/C26H27N3O2/c1-2-31-21-13-10-17(11-14-21)24(28)22-16-20(12-15-23(22)27)26(30)29-25(19-8-9-19)18-6-4-3-5-7-18/h3-7,10-16,19,25,28H,2,8-9,27H2,1H3,(H,29,30). The van der Waals surface area contributed by atoms with E-state index in [-0.39, 0.29) is 17.7 Å². The zero-order chi connectivity index (χ0) is 21.8. The lowest BCUT2D eigenvalue weighted by Crippen LogP contribution is -2.30. The van der Waals surface area contributed by atoms with E-state index in [0.29, 0.717) is 34.9 Å². The van der Waals surface area contributed by atoms with E-state index in [2.05, 4.69) is 17.4 Å². The molecule has 0 saturated heterocycles. The minimum Gasteiger partial charge on any atom is -0.494 e. The van der Waals surface area contributed by atoms with Crippen LogP contribution in [0.2, 0.25) is 0 Å². The van der Waals surface area contributed by atoms with Gasteiger partial charge in [0.05, 0.1) is 18.4 Å². The van der Waals surface area contributed by atoms with Crippen LogP contribution in [0.1, 0.15) is 52.9 Å². The van der Waals surface area contributed by atoms with Gasteiger partial charge in [-0.05, 0) is 73.7 Å². The van der Waals surface area contributed by atoms with E-state index in [1.807, 2.05) is 49.4 Å². The van der Waals surface area contributed by atoms with Crippen molar-refractivity contribution in [2.45, 2.75) is 25.8 Å². The summed E-state index contributed by atoms with van der Waals surface area (Å²) in [5.41, 5.74) is 9.78. The van der Waals surface area contributed by atoms with Gasteiger partial charge in [-0.15, -0.1) is 0 Å². The van der Waals surface area contributed by atoms with Crippen LogP contribution in [0.4, 0.5) is 5.69 Å². The van der Waals surface area contributed by atoms with Crippen LogP contribution >= 0.6 is 0 Å². The maximum atomic E-state index is 13.1. The maximum absolute atomic E-state index is 13.1. The lowest BCUT2D eigenvalue weighted by molar-refractivity contribution is 0.0931. The van der Waals surface area contributed by atoms with E-state index >= 15 is 0 Å². The number of carbonyl (C=O) groups excluding carboxylic acids is 1. The monoisotopic (exact) mass is 413 g/mol. The summed E-state index contributed by atoms with van der Waals surface area (Å²) in [5, 5.41) is 11.8. The van der Waals surface area contributed by atoms with Gasteiger partial charge in [0.25, 0.3) is 5.91 Å². The highest BCUT2D eigenvalue weighted by Crippen LogP contribution is 2.41. The average molecular weight is 414 g/mol. The van der Waals surface area contributed by atoms with Crippen molar-refractivity contribution in [3.8, 4) is 5.75 Å². The summed E-state index contributed by atoms with van der Waals surface area (Å²) < 4.78 is 5.47. The lowest BCUT2D eigenvalue weighted by Gasteiger charge is -2.19. The highest BCUT2D eigenvalue weighted by Gasteiger charge is 2.33. The SMILES string of the molecule is CCOc1ccc(C(=N)c2cc(C(=O)NC(c3ccccc3)C3CC3)ccc2N)cc1. The molecule has 1 unspecified atom stereocenters. The highest BCUT2D eigenvalue weighted by atomic mass is 16.5. The second-order valence-electron chi connectivity index (χ2n) is 7.83. The summed E-state index contributed by atoms with van der Waals surface area (Å²) in [6, 6.07) is 22.5. The van der Waals surface area contributed by atoms with Crippen molar-refractivity contribution in [3.63, 3.8) is 0 Å². The van der Waals surface area contributed by atoms with Gasteiger partial charge in [-0.1, -0.05) is 30.3 Å². The fraction of sp³-hybridized carbons (Fsp3) is 0.231. The predicted octanol–water partition coefficient (Wildman–Crippen LogP) is 4.96. The molecule has 0 aromatic heterocycles. The molecule has 1 aliphatic carbocycles. The second-order valence-corrected chi connectivity index (χ2v) is 7.83. The minimum atomic E-state index is -0.151. The fourth-order valence-corrected chi connectivity index (χ4v) is 3.74. The maximum Gasteiger partial charge on any atom is 0.251 e. The van der Waals surface area contributed by atoms with Crippen LogP contribution in [0.25, 0.3) is 0 Å². The van der Waals surface area contributed by atoms with Gasteiger partial charge in [0.15, 0.2) is 0 Å². The first-order valence-electron chi connectivity index (χ1n) is 10.6. The molecule has 5 nitrogen and oxygen atoms in total. The molecule has 1 aliphatic rings. The molecule has 0 bridgehead atoms. The Balaban J connectivity index is 1.55. The summed E-state index contributed by atoms with van der Waals surface area (Å²) >= 11 is 0. The van der Waals surface area contributed by atoms with Crippen molar-refractivity contribution in [1.82, 2.24) is 5.32 Å². The zero-order valence-electron chi connectivity index (χ0n) is 17.6. The summed E-state index contributed by atoms with van der Waals surface area (Å²) in [6.45, 7) is 2.52. The first kappa shape index (κ1) is 20.7. The molecule has 31 heavy (non-hydrogen) atoms. The third-order valence-corrected chi connectivity index (χ3v) is 5.58. The molecule has 3 aromatic carbocycles. The summed E-state index contributed by atoms with van der Waals surface area (Å²) in [6.07, 6.45) is 2.24.